The van der Waals surface area contributed by atoms with Gasteiger partial charge in [0.15, 0.2) is 0 Å². The second kappa shape index (κ2) is 38.6. The second-order valence-electron chi connectivity index (χ2n) is 10.1. The zero-order valence-electron chi connectivity index (χ0n) is 24.1. The van der Waals surface area contributed by atoms with Crippen LogP contribution >= 0.6 is 0 Å². The van der Waals surface area contributed by atoms with Crippen molar-refractivity contribution in [3.8, 4) is 0 Å². The van der Waals surface area contributed by atoms with Crippen molar-refractivity contribution >= 4 is 0 Å². The molecule has 0 unspecified atom stereocenters. The first-order chi connectivity index (χ1) is 13.5. The van der Waals surface area contributed by atoms with E-state index in [1.807, 2.05) is 0 Å². The molecule has 0 radical (unpaired) electrons. The fourth-order valence-electron chi connectivity index (χ4n) is 2.09. The third kappa shape index (κ3) is 96.6. The van der Waals surface area contributed by atoms with Crippen LogP contribution < -0.4 is 0 Å². The lowest BCUT2D eigenvalue weighted by Gasteiger charge is -2.05. The van der Waals surface area contributed by atoms with E-state index < -0.39 is 0 Å². The van der Waals surface area contributed by atoms with Crippen LogP contribution in [0.3, 0.4) is 0 Å². The highest BCUT2D eigenvalue weighted by atomic mass is 14.0. The van der Waals surface area contributed by atoms with Gasteiger partial charge < -0.3 is 0 Å². The molecule has 0 saturated heterocycles. The smallest absolute Gasteiger partial charge is 0.0471 e. The van der Waals surface area contributed by atoms with Crippen LogP contribution in [0.2, 0.25) is 0 Å². The highest BCUT2D eigenvalue weighted by Crippen LogP contribution is 2.10. The molecule has 0 aromatic heterocycles. The Morgan fingerprint density at radius 1 is 0.310 bits per heavy atom. The highest BCUT2D eigenvalue weighted by molar-refractivity contribution is 4.49. The molecule has 0 aliphatic carbocycles. The Bertz CT molecular complexity index is 174. The summed E-state index contributed by atoms with van der Waals surface area (Å²) in [7, 11) is 0. The van der Waals surface area contributed by atoms with Gasteiger partial charge in [-0.15, -0.1) is 0 Å². The minimum atomic E-state index is 0.892. The monoisotopic (exact) mass is 417 g/mol. The number of hydrogen-bond donors (Lipinski definition) is 0. The van der Waals surface area contributed by atoms with Crippen molar-refractivity contribution in [1.82, 2.24) is 0 Å². The normalized spacial score (nSPS) is 9.72. The zero-order chi connectivity index (χ0) is 24.1. The van der Waals surface area contributed by atoms with E-state index in [0.29, 0.717) is 0 Å². The maximum atomic E-state index is 2.29. The summed E-state index contributed by atoms with van der Waals surface area (Å²) in [6.45, 7) is 31.3. The molecule has 0 amide bonds. The second-order valence-corrected chi connectivity index (χ2v) is 10.1. The minimum Gasteiger partial charge on any atom is -0.0654 e. The molecule has 184 valence electrons. The molecule has 0 aromatic carbocycles. The summed E-state index contributed by atoms with van der Waals surface area (Å²) in [5.41, 5.74) is 0. The topological polar surface area (TPSA) is 0 Å². The van der Waals surface area contributed by atoms with Gasteiger partial charge in [-0.25, -0.2) is 0 Å². The predicted octanol–water partition coefficient (Wildman–Crippen LogP) is 12.0. The van der Waals surface area contributed by atoms with Crippen molar-refractivity contribution in [2.75, 3.05) is 0 Å². The summed E-state index contributed by atoms with van der Waals surface area (Å²) >= 11 is 0. The SMILES string of the molecule is CC(C)CCCC(C)C.CCCC.CCCC.CCCC(C)C.CCCC(C)C. The molecule has 0 aliphatic heterocycles. The molecule has 0 heterocycles. The van der Waals surface area contributed by atoms with Gasteiger partial charge in [-0.1, -0.05) is 168 Å². The van der Waals surface area contributed by atoms with E-state index in [9.17, 15) is 0 Å². The van der Waals surface area contributed by atoms with Crippen LogP contribution in [-0.2, 0) is 0 Å². The first kappa shape index (κ1) is 39.5. The molecule has 0 nitrogen and oxygen atoms in total. The van der Waals surface area contributed by atoms with Crippen molar-refractivity contribution in [2.24, 2.45) is 23.7 Å². The predicted molar refractivity (Wildman–Crippen MR) is 144 cm³/mol. The quantitative estimate of drug-likeness (QED) is 0.332. The molecule has 0 atom stereocenters. The summed E-state index contributed by atoms with van der Waals surface area (Å²) in [6.07, 6.45) is 14.9. The Hall–Kier alpha value is 0. The first-order valence-corrected chi connectivity index (χ1v) is 13.5. The van der Waals surface area contributed by atoms with E-state index in [4.69, 9.17) is 0 Å². The third-order valence-electron chi connectivity index (χ3n) is 4.29. The van der Waals surface area contributed by atoms with Gasteiger partial charge in [-0.3, -0.25) is 0 Å². The fraction of sp³-hybridized carbons (Fsp3) is 1.00. The Balaban J connectivity index is -0.0000000860. The molecule has 29 heavy (non-hydrogen) atoms. The van der Waals surface area contributed by atoms with Gasteiger partial charge >= 0.3 is 0 Å². The largest absolute Gasteiger partial charge is 0.0654 e. The fourth-order valence-corrected chi connectivity index (χ4v) is 2.09. The van der Waals surface area contributed by atoms with Gasteiger partial charge in [0.05, 0.1) is 0 Å². The summed E-state index contributed by atoms with van der Waals surface area (Å²) in [5, 5.41) is 0. The molecule has 0 bridgehead atoms. The summed E-state index contributed by atoms with van der Waals surface area (Å²) < 4.78 is 0. The van der Waals surface area contributed by atoms with Crippen molar-refractivity contribution in [2.45, 2.75) is 168 Å². The lowest BCUT2D eigenvalue weighted by molar-refractivity contribution is 0.480. The van der Waals surface area contributed by atoms with Gasteiger partial charge in [0.1, 0.15) is 0 Å². The molecule has 0 aliphatic rings. The van der Waals surface area contributed by atoms with E-state index in [2.05, 4.69) is 96.9 Å². The van der Waals surface area contributed by atoms with Crippen molar-refractivity contribution in [3.05, 3.63) is 0 Å². The first-order valence-electron chi connectivity index (χ1n) is 13.5. The van der Waals surface area contributed by atoms with Gasteiger partial charge in [0.2, 0.25) is 0 Å². The van der Waals surface area contributed by atoms with Crippen LogP contribution in [-0.4, -0.2) is 0 Å². The molecule has 0 N–H and O–H groups in total. The Labute approximate surface area is 191 Å². The average molecular weight is 417 g/mol. The number of hydrogen-bond acceptors (Lipinski definition) is 0. The summed E-state index contributed by atoms with van der Waals surface area (Å²) in [4.78, 5) is 0. The highest BCUT2D eigenvalue weighted by Gasteiger charge is 1.95. The van der Waals surface area contributed by atoms with E-state index >= 15 is 0 Å². The van der Waals surface area contributed by atoms with Crippen LogP contribution in [0.1, 0.15) is 168 Å². The lowest BCUT2D eigenvalue weighted by atomic mass is 10.0. The number of unbranched alkanes of at least 4 members (excludes halogenated alkanes) is 2. The van der Waals surface area contributed by atoms with Crippen LogP contribution in [0.25, 0.3) is 0 Å². The zero-order valence-corrected chi connectivity index (χ0v) is 24.1. The molecular weight excluding hydrogens is 348 g/mol. The van der Waals surface area contributed by atoms with Crippen LogP contribution in [0.4, 0.5) is 0 Å². The van der Waals surface area contributed by atoms with Crippen molar-refractivity contribution < 1.29 is 0 Å². The van der Waals surface area contributed by atoms with Gasteiger partial charge in [-0.2, -0.15) is 0 Å². The van der Waals surface area contributed by atoms with E-state index in [-0.39, 0.29) is 0 Å². The van der Waals surface area contributed by atoms with Crippen LogP contribution in [0, 0.1) is 23.7 Å². The van der Waals surface area contributed by atoms with Gasteiger partial charge in [-0.05, 0) is 23.7 Å². The standard InChI is InChI=1S/C9H20.2C6H14.2C4H10/c1-8(2)6-5-7-9(3)4;2*1-4-5-6(2)3;2*1-3-4-2/h8-9H,5-7H2,1-4H3;2*6H,4-5H2,1-3H3;2*3-4H2,1-2H3. The minimum absolute atomic E-state index is 0.892. The third-order valence-corrected chi connectivity index (χ3v) is 4.29. The molecule has 0 aromatic rings. The lowest BCUT2D eigenvalue weighted by Crippen LogP contribution is -1.90. The van der Waals surface area contributed by atoms with E-state index in [1.54, 1.807) is 0 Å². The maximum Gasteiger partial charge on any atom is -0.0471 e. The molecule has 0 rings (SSSR count). The number of rotatable bonds is 10. The molecule has 0 saturated carbocycles. The van der Waals surface area contributed by atoms with E-state index in [1.165, 1.54) is 70.6 Å². The van der Waals surface area contributed by atoms with Crippen LogP contribution in [0.15, 0.2) is 0 Å². The Morgan fingerprint density at radius 3 is 0.586 bits per heavy atom. The van der Waals surface area contributed by atoms with Gasteiger partial charge in [0.25, 0.3) is 0 Å². The van der Waals surface area contributed by atoms with Gasteiger partial charge in [0, 0.05) is 0 Å². The molecule has 0 heteroatoms. The maximum absolute atomic E-state index is 2.29. The molecule has 0 fully saturated rings. The Kier molecular flexibility index (Phi) is 52.5. The summed E-state index contributed by atoms with van der Waals surface area (Å²) in [5.74, 6) is 3.58. The summed E-state index contributed by atoms with van der Waals surface area (Å²) in [6, 6.07) is 0. The molecule has 0 spiro atoms. The van der Waals surface area contributed by atoms with Crippen molar-refractivity contribution in [1.29, 1.82) is 0 Å². The van der Waals surface area contributed by atoms with E-state index in [0.717, 1.165) is 23.7 Å². The average Bonchev–Trinajstić information content (AvgIpc) is 2.62. The molecular formula is C29H68. The van der Waals surface area contributed by atoms with Crippen molar-refractivity contribution in [3.63, 3.8) is 0 Å². The van der Waals surface area contributed by atoms with Crippen LogP contribution in [0.5, 0.6) is 0 Å². The Morgan fingerprint density at radius 2 is 0.517 bits per heavy atom.